The molecule has 0 aromatic rings. The molecule has 0 saturated heterocycles. The minimum atomic E-state index is -1.60. The Kier molecular flexibility index (Phi) is 10.5. The molecule has 0 saturated carbocycles. The first-order valence-corrected chi connectivity index (χ1v) is 16.2. The van der Waals surface area contributed by atoms with E-state index >= 15 is 0 Å². The molecule has 0 aliphatic heterocycles. The molecule has 0 aromatic heterocycles. The fourth-order valence-corrected chi connectivity index (χ4v) is 30.8. The van der Waals surface area contributed by atoms with E-state index in [0.717, 1.165) is 39.3 Å². The summed E-state index contributed by atoms with van der Waals surface area (Å²) in [6.07, 6.45) is 0. The van der Waals surface area contributed by atoms with Gasteiger partial charge in [0, 0.05) is 0 Å². The topological polar surface area (TPSA) is 3.24 Å². The van der Waals surface area contributed by atoms with Crippen molar-refractivity contribution in [1.29, 1.82) is 0 Å². The predicted molar refractivity (Wildman–Crippen MR) is 131 cm³/mol. The van der Waals surface area contributed by atoms with E-state index < -0.39 is 15.9 Å². The molecule has 0 heterocycles. The summed E-state index contributed by atoms with van der Waals surface area (Å²) in [7, 11) is -3.20. The van der Waals surface area contributed by atoms with Crippen LogP contribution in [0.2, 0.25) is 33.2 Å². The highest BCUT2D eigenvalue weighted by Gasteiger charge is 2.64. The van der Waals surface area contributed by atoms with Crippen molar-refractivity contribution in [3.8, 4) is 0 Å². The Balaban J connectivity index is 7.19. The van der Waals surface area contributed by atoms with Crippen molar-refractivity contribution < 1.29 is 0 Å². The lowest BCUT2D eigenvalue weighted by atomic mass is 10.2. The van der Waals surface area contributed by atoms with Crippen molar-refractivity contribution in [1.82, 2.24) is 4.81 Å². The molecule has 0 radical (unpaired) electrons. The summed E-state index contributed by atoms with van der Waals surface area (Å²) in [5.41, 5.74) is 4.98. The van der Waals surface area contributed by atoms with E-state index in [-0.39, 0.29) is 0 Å². The molecule has 0 aromatic carbocycles. The van der Waals surface area contributed by atoms with Gasteiger partial charge in [-0.25, -0.2) is 0 Å². The number of rotatable bonds is 11. The molecule has 0 aliphatic rings. The third kappa shape index (κ3) is 4.22. The van der Waals surface area contributed by atoms with Gasteiger partial charge in [0.1, 0.15) is 0 Å². The predicted octanol–water partition coefficient (Wildman–Crippen LogP) is 7.83. The first-order valence-electron chi connectivity index (χ1n) is 11.5. The van der Waals surface area contributed by atoms with E-state index in [1.165, 1.54) is 13.1 Å². The summed E-state index contributed by atoms with van der Waals surface area (Å²) >= 11 is 0. The van der Waals surface area contributed by atoms with Gasteiger partial charge in [-0.05, 0) is 13.1 Å². The van der Waals surface area contributed by atoms with Crippen LogP contribution in [0.15, 0.2) is 0 Å². The maximum absolute atomic E-state index is 2.96. The van der Waals surface area contributed by atoms with Crippen LogP contribution in [0.3, 0.4) is 0 Å². The summed E-state index contributed by atoms with van der Waals surface area (Å²) in [6.45, 7) is 38.1. The van der Waals surface area contributed by atoms with Gasteiger partial charge >= 0.3 is 0 Å². The van der Waals surface area contributed by atoms with Crippen LogP contribution in [0.1, 0.15) is 96.9 Å². The normalized spacial score (nSPS) is 14.2. The van der Waals surface area contributed by atoms with Crippen molar-refractivity contribution in [2.45, 2.75) is 130 Å². The van der Waals surface area contributed by atoms with Crippen LogP contribution in [-0.2, 0) is 0 Å². The highest BCUT2D eigenvalue weighted by atomic mass is 28.4. The van der Waals surface area contributed by atoms with Crippen LogP contribution < -0.4 is 0 Å². The molecular formula is C22H52BNSi2. The van der Waals surface area contributed by atoms with Gasteiger partial charge < -0.3 is 4.81 Å². The van der Waals surface area contributed by atoms with Crippen LogP contribution >= 0.6 is 0 Å². The summed E-state index contributed by atoms with van der Waals surface area (Å²) in [6, 6.07) is 0.866. The molecule has 0 aliphatic carbocycles. The van der Waals surface area contributed by atoms with Crippen LogP contribution in [0.25, 0.3) is 0 Å². The number of hydrogen-bond donors (Lipinski definition) is 0. The van der Waals surface area contributed by atoms with Crippen molar-refractivity contribution in [2.75, 3.05) is 13.1 Å². The zero-order valence-corrected chi connectivity index (χ0v) is 22.9. The van der Waals surface area contributed by atoms with Crippen LogP contribution in [0.5, 0.6) is 0 Å². The fourth-order valence-electron chi connectivity index (χ4n) is 7.55. The molecular weight excluding hydrogens is 345 g/mol. The van der Waals surface area contributed by atoms with Gasteiger partial charge in [-0.15, -0.1) is 0 Å². The van der Waals surface area contributed by atoms with Gasteiger partial charge in [0.25, 0.3) is 0 Å². The van der Waals surface area contributed by atoms with Crippen molar-refractivity contribution in [2.24, 2.45) is 0 Å². The lowest BCUT2D eigenvalue weighted by Crippen LogP contribution is -2.79. The summed E-state index contributed by atoms with van der Waals surface area (Å²) in [5.74, 6) is 0. The van der Waals surface area contributed by atoms with Crippen LogP contribution in [0.4, 0.5) is 0 Å². The van der Waals surface area contributed by atoms with Gasteiger partial charge in [-0.1, -0.05) is 130 Å². The summed E-state index contributed by atoms with van der Waals surface area (Å²) < 4.78 is 0. The van der Waals surface area contributed by atoms with E-state index in [1.807, 2.05) is 0 Å². The highest BCUT2D eigenvalue weighted by molar-refractivity contribution is 7.62. The van der Waals surface area contributed by atoms with E-state index in [4.69, 9.17) is 0 Å². The zero-order chi connectivity index (χ0) is 21.0. The first kappa shape index (κ1) is 26.5. The quantitative estimate of drug-likeness (QED) is 0.321. The van der Waals surface area contributed by atoms with Gasteiger partial charge in [-0.3, -0.25) is 0 Å². The van der Waals surface area contributed by atoms with Gasteiger partial charge in [-0.2, -0.15) is 0 Å². The molecule has 0 amide bonds. The Morgan fingerprint density at radius 2 is 0.692 bits per heavy atom. The molecule has 4 heteroatoms. The number of hydrogen-bond acceptors (Lipinski definition) is 1. The SMILES string of the molecule is CCN(CC)B([Si](C(C)C)(C(C)C)C(C)C)[Si](C(C)C)(C(C)C)C(C)C. The van der Waals surface area contributed by atoms with Gasteiger partial charge in [0.05, 0.1) is 15.9 Å². The first-order chi connectivity index (χ1) is 11.8. The van der Waals surface area contributed by atoms with Crippen LogP contribution in [-0.4, -0.2) is 39.8 Å². The summed E-state index contributed by atoms with van der Waals surface area (Å²) in [4.78, 5) is 2.96. The summed E-state index contributed by atoms with van der Waals surface area (Å²) in [5, 5.41) is 0. The second-order valence-corrected chi connectivity index (χ2v) is 23.2. The largest absolute Gasteiger partial charge is 0.347 e. The lowest BCUT2D eigenvalue weighted by Gasteiger charge is -2.61. The Labute approximate surface area is 170 Å². The molecule has 26 heavy (non-hydrogen) atoms. The Morgan fingerprint density at radius 3 is 0.808 bits per heavy atom. The molecule has 0 rings (SSSR count). The Bertz CT molecular complexity index is 325. The minimum absolute atomic E-state index is 0.830. The average Bonchev–Trinajstić information content (AvgIpc) is 2.46. The fraction of sp³-hybridized carbons (Fsp3) is 1.00. The van der Waals surface area contributed by atoms with Crippen molar-refractivity contribution in [3.63, 3.8) is 0 Å². The van der Waals surface area contributed by atoms with Gasteiger partial charge in [0.2, 0.25) is 6.03 Å². The highest BCUT2D eigenvalue weighted by Crippen LogP contribution is 2.53. The van der Waals surface area contributed by atoms with E-state index in [1.54, 1.807) is 0 Å². The van der Waals surface area contributed by atoms with E-state index in [9.17, 15) is 0 Å². The third-order valence-electron chi connectivity index (χ3n) is 8.12. The Hall–Kier alpha value is 0.459. The van der Waals surface area contributed by atoms with Crippen LogP contribution in [0, 0.1) is 0 Å². The number of nitrogens with zero attached hydrogens (tertiary/aromatic N) is 1. The lowest BCUT2D eigenvalue weighted by molar-refractivity contribution is 0.489. The van der Waals surface area contributed by atoms with Crippen molar-refractivity contribution >= 4 is 21.9 Å². The molecule has 0 fully saturated rings. The maximum Gasteiger partial charge on any atom is 0.206 e. The van der Waals surface area contributed by atoms with Gasteiger partial charge in [0.15, 0.2) is 0 Å². The molecule has 0 bridgehead atoms. The average molecular weight is 398 g/mol. The Morgan fingerprint density at radius 1 is 0.500 bits per heavy atom. The minimum Gasteiger partial charge on any atom is -0.347 e. The smallest absolute Gasteiger partial charge is 0.206 e. The zero-order valence-electron chi connectivity index (χ0n) is 20.9. The van der Waals surface area contributed by atoms with E-state index in [2.05, 4.69) is 102 Å². The molecule has 156 valence electrons. The molecule has 0 unspecified atom stereocenters. The maximum atomic E-state index is 2.96. The molecule has 0 N–H and O–H groups in total. The monoisotopic (exact) mass is 397 g/mol. The second-order valence-electron chi connectivity index (χ2n) is 10.6. The second kappa shape index (κ2) is 10.3. The molecule has 0 spiro atoms. The van der Waals surface area contributed by atoms with Crippen molar-refractivity contribution in [3.05, 3.63) is 0 Å². The standard InChI is InChI=1S/C22H52BNSi2/c1-15-24(16-2)23(25(17(3)4,18(5)6)19(7)8)26(20(9)10,21(11)12)22(13)14/h17-22H,15-16H2,1-14H3. The molecule has 0 atom stereocenters. The molecule has 1 nitrogen and oxygen atoms in total. The van der Waals surface area contributed by atoms with E-state index in [0.29, 0.717) is 0 Å². The third-order valence-corrected chi connectivity index (χ3v) is 25.7.